The lowest BCUT2D eigenvalue weighted by molar-refractivity contribution is 0.0993. The Labute approximate surface area is 128 Å². The molecule has 2 atom stereocenters. The Morgan fingerprint density at radius 1 is 1.55 bits per heavy atom. The Morgan fingerprint density at radius 3 is 3.09 bits per heavy atom. The zero-order chi connectivity index (χ0) is 15.5. The fourth-order valence-corrected chi connectivity index (χ4v) is 2.64. The number of carbonyl (C=O) groups excluding carboxylic acids is 1. The van der Waals surface area contributed by atoms with Gasteiger partial charge in [-0.25, -0.2) is 4.79 Å². The molecule has 7 heteroatoms. The summed E-state index contributed by atoms with van der Waals surface area (Å²) in [7, 11) is 1.90. The molecule has 7 nitrogen and oxygen atoms in total. The maximum atomic E-state index is 12.0. The molecule has 0 aromatic carbocycles. The van der Waals surface area contributed by atoms with E-state index in [0.29, 0.717) is 13.2 Å². The van der Waals surface area contributed by atoms with Crippen molar-refractivity contribution in [3.05, 3.63) is 41.6 Å². The number of urea groups is 1. The monoisotopic (exact) mass is 304 g/mol. The highest BCUT2D eigenvalue weighted by atomic mass is 16.5. The van der Waals surface area contributed by atoms with Crippen LogP contribution in [0, 0.1) is 6.92 Å². The first-order chi connectivity index (χ1) is 10.6. The minimum absolute atomic E-state index is 0.0560. The molecule has 0 aliphatic carbocycles. The van der Waals surface area contributed by atoms with Crippen molar-refractivity contribution in [2.24, 2.45) is 7.05 Å². The van der Waals surface area contributed by atoms with Gasteiger partial charge < -0.3 is 19.8 Å². The largest absolute Gasteiger partial charge is 0.467 e. The average Bonchev–Trinajstić information content (AvgIpc) is 3.21. The van der Waals surface area contributed by atoms with Crippen LogP contribution in [0.25, 0.3) is 0 Å². The normalized spacial score (nSPS) is 21.0. The second-order valence-electron chi connectivity index (χ2n) is 5.40. The van der Waals surface area contributed by atoms with Gasteiger partial charge in [-0.3, -0.25) is 4.68 Å². The van der Waals surface area contributed by atoms with Crippen LogP contribution in [-0.4, -0.2) is 28.5 Å². The van der Waals surface area contributed by atoms with E-state index in [4.69, 9.17) is 9.15 Å². The molecule has 1 aliphatic rings. The standard InChI is InChI=1S/C15H20N4O3/c1-10-12(9-17-19(10)2)14-13(5-7-22-14)18-15(20)16-8-11-4-3-6-21-11/h3-4,6,9,13-14H,5,7-8H2,1-2H3,(H2,16,18,20)/t13-,14+/m0/s1. The Balaban J connectivity index is 1.59. The predicted octanol–water partition coefficient (Wildman–Crippen LogP) is 1.65. The van der Waals surface area contributed by atoms with Gasteiger partial charge in [0.15, 0.2) is 0 Å². The van der Waals surface area contributed by atoms with Gasteiger partial charge in [-0.1, -0.05) is 0 Å². The van der Waals surface area contributed by atoms with Crippen LogP contribution in [0.2, 0.25) is 0 Å². The molecular weight excluding hydrogens is 284 g/mol. The molecule has 1 aliphatic heterocycles. The minimum Gasteiger partial charge on any atom is -0.467 e. The van der Waals surface area contributed by atoms with Gasteiger partial charge in [0.25, 0.3) is 0 Å². The molecule has 2 amide bonds. The summed E-state index contributed by atoms with van der Waals surface area (Å²) in [4.78, 5) is 12.0. The summed E-state index contributed by atoms with van der Waals surface area (Å²) in [5.41, 5.74) is 2.08. The lowest BCUT2D eigenvalue weighted by atomic mass is 10.0. The number of aromatic nitrogens is 2. The van der Waals surface area contributed by atoms with E-state index in [2.05, 4.69) is 15.7 Å². The molecule has 0 unspecified atom stereocenters. The third-order valence-corrected chi connectivity index (χ3v) is 3.99. The highest BCUT2D eigenvalue weighted by Gasteiger charge is 2.33. The molecule has 0 radical (unpaired) electrons. The van der Waals surface area contributed by atoms with E-state index in [1.165, 1.54) is 0 Å². The molecule has 0 saturated carbocycles. The zero-order valence-electron chi connectivity index (χ0n) is 12.7. The predicted molar refractivity (Wildman–Crippen MR) is 79.1 cm³/mol. The Kier molecular flexibility index (Phi) is 4.15. The van der Waals surface area contributed by atoms with E-state index in [-0.39, 0.29) is 18.2 Å². The fraction of sp³-hybridized carbons (Fsp3) is 0.467. The lowest BCUT2D eigenvalue weighted by Crippen LogP contribution is -2.43. The van der Waals surface area contributed by atoms with Crippen LogP contribution >= 0.6 is 0 Å². The van der Waals surface area contributed by atoms with E-state index in [9.17, 15) is 4.79 Å². The molecule has 22 heavy (non-hydrogen) atoms. The quantitative estimate of drug-likeness (QED) is 0.900. The first-order valence-corrected chi connectivity index (χ1v) is 7.32. The molecule has 3 heterocycles. The summed E-state index contributed by atoms with van der Waals surface area (Å²) in [6.07, 6.45) is 4.03. The topological polar surface area (TPSA) is 81.3 Å². The van der Waals surface area contributed by atoms with Crippen molar-refractivity contribution in [1.82, 2.24) is 20.4 Å². The van der Waals surface area contributed by atoms with E-state index < -0.39 is 0 Å². The first kappa shape index (κ1) is 14.6. The highest BCUT2D eigenvalue weighted by molar-refractivity contribution is 5.74. The molecule has 118 valence electrons. The van der Waals surface area contributed by atoms with Crippen LogP contribution in [0.1, 0.15) is 29.5 Å². The molecule has 0 bridgehead atoms. The number of carbonyl (C=O) groups is 1. The second kappa shape index (κ2) is 6.23. The number of hydrogen-bond donors (Lipinski definition) is 2. The van der Waals surface area contributed by atoms with Gasteiger partial charge in [-0.2, -0.15) is 5.10 Å². The maximum absolute atomic E-state index is 12.0. The summed E-state index contributed by atoms with van der Waals surface area (Å²) in [5.74, 6) is 0.720. The maximum Gasteiger partial charge on any atom is 0.315 e. The van der Waals surface area contributed by atoms with Crippen LogP contribution in [0.4, 0.5) is 4.79 Å². The van der Waals surface area contributed by atoms with E-state index in [0.717, 1.165) is 23.4 Å². The number of hydrogen-bond acceptors (Lipinski definition) is 4. The van der Waals surface area contributed by atoms with Gasteiger partial charge in [-0.15, -0.1) is 0 Å². The van der Waals surface area contributed by atoms with Crippen molar-refractivity contribution >= 4 is 6.03 Å². The molecule has 0 spiro atoms. The molecule has 1 saturated heterocycles. The molecule has 2 aromatic rings. The van der Waals surface area contributed by atoms with Gasteiger partial charge in [0.05, 0.1) is 25.0 Å². The van der Waals surface area contributed by atoms with Crippen molar-refractivity contribution in [3.8, 4) is 0 Å². The Bertz CT molecular complexity index is 635. The average molecular weight is 304 g/mol. The SMILES string of the molecule is Cc1c([C@H]2OCC[C@@H]2NC(=O)NCc2ccco2)cnn1C. The van der Waals surface area contributed by atoms with E-state index in [1.807, 2.05) is 24.7 Å². The van der Waals surface area contributed by atoms with Gasteiger partial charge >= 0.3 is 6.03 Å². The summed E-state index contributed by atoms with van der Waals surface area (Å²) in [5, 5.41) is 10.00. The Morgan fingerprint density at radius 2 is 2.41 bits per heavy atom. The molecule has 3 rings (SSSR count). The molecular formula is C15H20N4O3. The number of amides is 2. The summed E-state index contributed by atoms with van der Waals surface area (Å²) in [6, 6.07) is 3.33. The van der Waals surface area contributed by atoms with Crippen LogP contribution in [0.3, 0.4) is 0 Å². The van der Waals surface area contributed by atoms with Crippen molar-refractivity contribution in [1.29, 1.82) is 0 Å². The summed E-state index contributed by atoms with van der Waals surface area (Å²) in [6.45, 7) is 2.99. The van der Waals surface area contributed by atoms with Crippen LogP contribution in [0.15, 0.2) is 29.0 Å². The molecule has 2 aromatic heterocycles. The summed E-state index contributed by atoms with van der Waals surface area (Å²) < 4.78 is 12.8. The number of nitrogens with zero attached hydrogens (tertiary/aromatic N) is 2. The lowest BCUT2D eigenvalue weighted by Gasteiger charge is -2.20. The zero-order valence-corrected chi connectivity index (χ0v) is 12.7. The third kappa shape index (κ3) is 2.99. The number of ether oxygens (including phenoxy) is 1. The van der Waals surface area contributed by atoms with Crippen molar-refractivity contribution in [3.63, 3.8) is 0 Å². The number of rotatable bonds is 4. The van der Waals surface area contributed by atoms with Gasteiger partial charge in [-0.05, 0) is 25.5 Å². The minimum atomic E-state index is -0.224. The number of aryl methyl sites for hydroxylation is 1. The van der Waals surface area contributed by atoms with Crippen molar-refractivity contribution in [2.75, 3.05) is 6.61 Å². The first-order valence-electron chi connectivity index (χ1n) is 7.32. The number of furan rings is 1. The molecule has 2 N–H and O–H groups in total. The number of nitrogens with one attached hydrogen (secondary N) is 2. The highest BCUT2D eigenvalue weighted by Crippen LogP contribution is 2.30. The molecule has 1 fully saturated rings. The van der Waals surface area contributed by atoms with E-state index in [1.54, 1.807) is 18.5 Å². The fourth-order valence-electron chi connectivity index (χ4n) is 2.64. The van der Waals surface area contributed by atoms with Gasteiger partial charge in [0, 0.05) is 24.9 Å². The smallest absolute Gasteiger partial charge is 0.315 e. The third-order valence-electron chi connectivity index (χ3n) is 3.99. The van der Waals surface area contributed by atoms with E-state index >= 15 is 0 Å². The summed E-state index contributed by atoms with van der Waals surface area (Å²) >= 11 is 0. The van der Waals surface area contributed by atoms with Gasteiger partial charge in [0.1, 0.15) is 11.9 Å². The Hall–Kier alpha value is -2.28. The van der Waals surface area contributed by atoms with Crippen LogP contribution < -0.4 is 10.6 Å². The van der Waals surface area contributed by atoms with Crippen molar-refractivity contribution < 1.29 is 13.9 Å². The van der Waals surface area contributed by atoms with Crippen LogP contribution in [0.5, 0.6) is 0 Å². The second-order valence-corrected chi connectivity index (χ2v) is 5.40. The van der Waals surface area contributed by atoms with Gasteiger partial charge in [0.2, 0.25) is 0 Å². The van der Waals surface area contributed by atoms with Crippen molar-refractivity contribution in [2.45, 2.75) is 32.0 Å². The van der Waals surface area contributed by atoms with Crippen LogP contribution in [-0.2, 0) is 18.3 Å².